The van der Waals surface area contributed by atoms with Crippen LogP contribution < -0.4 is 17.0 Å². The maximum Gasteiger partial charge on any atom is 0.379 e. The van der Waals surface area contributed by atoms with Crippen LogP contribution in [0.3, 0.4) is 0 Å². The van der Waals surface area contributed by atoms with E-state index in [-0.39, 0.29) is 12.4 Å². The SMILES string of the molecule is CCCCCCCCCCCC[n+]1ccn(S(=O)(=O)N(C)C)c1C1CCCCC1.[Cl-]. The fraction of sp³-hybridized carbons (Fsp3) is 0.870. The summed E-state index contributed by atoms with van der Waals surface area (Å²) in [7, 11) is -0.224. The van der Waals surface area contributed by atoms with E-state index in [0.29, 0.717) is 5.92 Å². The number of halogens is 1. The first-order valence-electron chi connectivity index (χ1n) is 12.0. The molecule has 0 aromatic carbocycles. The van der Waals surface area contributed by atoms with E-state index in [0.717, 1.165) is 31.6 Å². The quantitative estimate of drug-likeness (QED) is 0.315. The van der Waals surface area contributed by atoms with E-state index in [1.807, 2.05) is 6.20 Å². The number of hydrogen-bond acceptors (Lipinski definition) is 2. The van der Waals surface area contributed by atoms with Crippen LogP contribution in [0.5, 0.6) is 0 Å². The van der Waals surface area contributed by atoms with E-state index >= 15 is 0 Å². The van der Waals surface area contributed by atoms with Crippen molar-refractivity contribution >= 4 is 10.2 Å². The van der Waals surface area contributed by atoms with E-state index in [1.54, 1.807) is 24.3 Å². The second kappa shape index (κ2) is 14.5. The molecule has 7 heteroatoms. The molecule has 0 amide bonds. The molecule has 0 aliphatic heterocycles. The molecule has 0 spiro atoms. The molecule has 1 heterocycles. The average molecular weight is 462 g/mol. The molecule has 0 atom stereocenters. The summed E-state index contributed by atoms with van der Waals surface area (Å²) in [5, 5.41) is 0. The van der Waals surface area contributed by atoms with Gasteiger partial charge in [0.1, 0.15) is 12.4 Å². The molecule has 0 unspecified atom stereocenters. The normalized spacial score (nSPS) is 15.5. The van der Waals surface area contributed by atoms with Gasteiger partial charge in [-0.15, -0.1) is 3.97 Å². The maximum atomic E-state index is 12.8. The Morgan fingerprint density at radius 2 is 1.47 bits per heavy atom. The first kappa shape index (κ1) is 27.4. The molecule has 1 aliphatic carbocycles. The molecule has 0 saturated heterocycles. The second-order valence-electron chi connectivity index (χ2n) is 8.95. The largest absolute Gasteiger partial charge is 1.00 e. The number of aryl methyl sites for hydroxylation is 1. The Balaban J connectivity index is 0.00000450. The smallest absolute Gasteiger partial charge is 0.379 e. The Hall–Kier alpha value is -0.590. The molecule has 0 N–H and O–H groups in total. The highest BCUT2D eigenvalue weighted by molar-refractivity contribution is 7.87. The molecular formula is C23H44ClN3O2S. The van der Waals surface area contributed by atoms with Crippen LogP contribution in [0.2, 0.25) is 0 Å². The third kappa shape index (κ3) is 8.16. The highest BCUT2D eigenvalue weighted by Crippen LogP contribution is 2.32. The fourth-order valence-electron chi connectivity index (χ4n) is 4.53. The van der Waals surface area contributed by atoms with Gasteiger partial charge in [-0.2, -0.15) is 12.7 Å². The van der Waals surface area contributed by atoms with E-state index in [4.69, 9.17) is 0 Å². The number of nitrogens with zero attached hydrogens (tertiary/aromatic N) is 3. The predicted octanol–water partition coefficient (Wildman–Crippen LogP) is 2.40. The van der Waals surface area contributed by atoms with Crippen LogP contribution in [0.4, 0.5) is 0 Å². The van der Waals surface area contributed by atoms with E-state index in [9.17, 15) is 8.42 Å². The minimum Gasteiger partial charge on any atom is -1.00 e. The Kier molecular flexibility index (Phi) is 13.2. The highest BCUT2D eigenvalue weighted by atomic mass is 35.5. The number of unbranched alkanes of at least 4 members (excludes halogenated alkanes) is 9. The summed E-state index contributed by atoms with van der Waals surface area (Å²) in [6, 6.07) is 0. The number of imidazole rings is 1. The minimum atomic E-state index is -3.46. The van der Waals surface area contributed by atoms with Crippen molar-refractivity contribution in [1.82, 2.24) is 8.28 Å². The van der Waals surface area contributed by atoms with Gasteiger partial charge in [0.15, 0.2) is 0 Å². The number of hydrogen-bond donors (Lipinski definition) is 0. The number of aromatic nitrogens is 2. The van der Waals surface area contributed by atoms with Crippen molar-refractivity contribution in [3.05, 3.63) is 18.2 Å². The van der Waals surface area contributed by atoms with Crippen molar-refractivity contribution in [2.75, 3.05) is 14.1 Å². The maximum absolute atomic E-state index is 12.8. The molecule has 1 saturated carbocycles. The van der Waals surface area contributed by atoms with Crippen molar-refractivity contribution in [2.24, 2.45) is 0 Å². The summed E-state index contributed by atoms with van der Waals surface area (Å²) in [5.41, 5.74) is 0. The van der Waals surface area contributed by atoms with Gasteiger partial charge in [0.25, 0.3) is 5.82 Å². The van der Waals surface area contributed by atoms with Gasteiger partial charge in [-0.05, 0) is 25.7 Å². The fourth-order valence-corrected chi connectivity index (χ4v) is 5.58. The Morgan fingerprint density at radius 1 is 0.933 bits per heavy atom. The van der Waals surface area contributed by atoms with Crippen molar-refractivity contribution in [1.29, 1.82) is 0 Å². The van der Waals surface area contributed by atoms with Gasteiger partial charge in [-0.25, -0.2) is 4.57 Å². The lowest BCUT2D eigenvalue weighted by Gasteiger charge is -2.20. The van der Waals surface area contributed by atoms with Crippen LogP contribution in [-0.4, -0.2) is 30.8 Å². The third-order valence-electron chi connectivity index (χ3n) is 6.33. The summed E-state index contributed by atoms with van der Waals surface area (Å²) < 4.78 is 30.7. The van der Waals surface area contributed by atoms with Gasteiger partial charge >= 0.3 is 10.2 Å². The lowest BCUT2D eigenvalue weighted by atomic mass is 9.88. The Labute approximate surface area is 191 Å². The van der Waals surface area contributed by atoms with Gasteiger partial charge in [-0.1, -0.05) is 77.6 Å². The summed E-state index contributed by atoms with van der Waals surface area (Å²) in [4.78, 5) is 0. The minimum absolute atomic E-state index is 0. The molecule has 2 rings (SSSR count). The van der Waals surface area contributed by atoms with Crippen molar-refractivity contribution in [3.8, 4) is 0 Å². The van der Waals surface area contributed by atoms with Crippen LogP contribution in [0.1, 0.15) is 115 Å². The molecule has 0 bridgehead atoms. The first-order valence-corrected chi connectivity index (χ1v) is 13.4. The molecule has 30 heavy (non-hydrogen) atoms. The van der Waals surface area contributed by atoms with Crippen LogP contribution >= 0.6 is 0 Å². The summed E-state index contributed by atoms with van der Waals surface area (Å²) in [6.45, 7) is 3.19. The predicted molar refractivity (Wildman–Crippen MR) is 120 cm³/mol. The average Bonchev–Trinajstić information content (AvgIpc) is 3.14. The van der Waals surface area contributed by atoms with Gasteiger partial charge in [0, 0.05) is 14.1 Å². The lowest BCUT2D eigenvalue weighted by molar-refractivity contribution is -0.705. The van der Waals surface area contributed by atoms with Gasteiger partial charge in [-0.3, -0.25) is 0 Å². The van der Waals surface area contributed by atoms with Crippen molar-refractivity contribution in [3.63, 3.8) is 0 Å². The van der Waals surface area contributed by atoms with Crippen LogP contribution in [0.15, 0.2) is 12.4 Å². The van der Waals surface area contributed by atoms with Gasteiger partial charge in [0.2, 0.25) is 0 Å². The number of rotatable bonds is 14. The summed E-state index contributed by atoms with van der Waals surface area (Å²) in [6.07, 6.45) is 22.9. The first-order chi connectivity index (χ1) is 14.0. The van der Waals surface area contributed by atoms with Crippen molar-refractivity contribution < 1.29 is 25.4 Å². The van der Waals surface area contributed by atoms with E-state index < -0.39 is 10.2 Å². The molecule has 1 fully saturated rings. The second-order valence-corrected chi connectivity index (χ2v) is 11.0. The zero-order valence-corrected chi connectivity index (χ0v) is 21.1. The summed E-state index contributed by atoms with van der Waals surface area (Å²) in [5.74, 6) is 1.35. The zero-order chi connectivity index (χ0) is 21.1. The van der Waals surface area contributed by atoms with Crippen molar-refractivity contribution in [2.45, 2.75) is 116 Å². The van der Waals surface area contributed by atoms with Crippen LogP contribution in [-0.2, 0) is 16.8 Å². The molecule has 176 valence electrons. The van der Waals surface area contributed by atoms with Crippen LogP contribution in [0, 0.1) is 0 Å². The third-order valence-corrected chi connectivity index (χ3v) is 8.06. The van der Waals surface area contributed by atoms with Gasteiger partial charge in [0.05, 0.1) is 12.5 Å². The molecule has 1 aromatic heterocycles. The Bertz CT molecular complexity index is 683. The molecule has 5 nitrogen and oxygen atoms in total. The zero-order valence-electron chi connectivity index (χ0n) is 19.5. The van der Waals surface area contributed by atoms with E-state index in [2.05, 4.69) is 11.5 Å². The monoisotopic (exact) mass is 461 g/mol. The van der Waals surface area contributed by atoms with E-state index in [1.165, 1.54) is 81.4 Å². The molecule has 1 aromatic rings. The lowest BCUT2D eigenvalue weighted by Crippen LogP contribution is -3.00. The Morgan fingerprint density at radius 3 is 2.00 bits per heavy atom. The highest BCUT2D eigenvalue weighted by Gasteiger charge is 2.35. The molecular weight excluding hydrogens is 418 g/mol. The topological polar surface area (TPSA) is 46.2 Å². The summed E-state index contributed by atoms with van der Waals surface area (Å²) >= 11 is 0. The molecule has 0 radical (unpaired) electrons. The van der Waals surface area contributed by atoms with Gasteiger partial charge < -0.3 is 12.4 Å². The molecule has 1 aliphatic rings. The standard InChI is InChI=1S/C23H44N3O2S.ClH/c1-4-5-6-7-8-9-10-11-12-16-19-25-20-21-26(29(27,28)24(2)3)23(25)22-17-14-13-15-18-22;/h20-22H,4-19H2,1-3H3;1H/q+1;/p-1. The van der Waals surface area contributed by atoms with Crippen LogP contribution in [0.25, 0.3) is 0 Å².